The number of hydrogen-bond donors (Lipinski definition) is 0. The van der Waals surface area contributed by atoms with E-state index < -0.39 is 0 Å². The molecular weight excluding hydrogens is 448 g/mol. The average Bonchev–Trinajstić information content (AvgIpc) is 3.45. The van der Waals surface area contributed by atoms with Gasteiger partial charge in [0.15, 0.2) is 5.82 Å². The van der Waals surface area contributed by atoms with Crippen molar-refractivity contribution >= 4 is 11.8 Å². The zero-order valence-corrected chi connectivity index (χ0v) is 19.2. The number of carbonyl (C=O) groups is 2. The topological polar surface area (TPSA) is 95.8 Å². The summed E-state index contributed by atoms with van der Waals surface area (Å²) in [5, 5.41) is 4.42. The minimum atomic E-state index is -0.295. The third-order valence-corrected chi connectivity index (χ3v) is 5.66. The molecule has 0 radical (unpaired) electrons. The van der Waals surface area contributed by atoms with Crippen LogP contribution in [-0.2, 0) is 0 Å². The lowest BCUT2D eigenvalue weighted by Gasteiger charge is -2.14. The van der Waals surface area contributed by atoms with E-state index in [0.29, 0.717) is 22.7 Å². The molecule has 0 aliphatic carbocycles. The van der Waals surface area contributed by atoms with Crippen LogP contribution in [0.4, 0.5) is 0 Å². The Morgan fingerprint density at radius 2 is 1.40 bits per heavy atom. The van der Waals surface area contributed by atoms with E-state index in [9.17, 15) is 9.59 Å². The van der Waals surface area contributed by atoms with E-state index in [1.165, 1.54) is 12.0 Å². The van der Waals surface area contributed by atoms with Crippen LogP contribution >= 0.6 is 0 Å². The van der Waals surface area contributed by atoms with Crippen LogP contribution in [0.3, 0.4) is 0 Å². The Morgan fingerprint density at radius 3 is 2.00 bits per heavy atom. The first-order valence-corrected chi connectivity index (χ1v) is 10.9. The van der Waals surface area contributed by atoms with Crippen molar-refractivity contribution in [2.75, 3.05) is 27.4 Å². The third-order valence-electron chi connectivity index (χ3n) is 5.66. The van der Waals surface area contributed by atoms with Crippen molar-refractivity contribution in [1.82, 2.24) is 19.7 Å². The molecular formula is C26H22N4O5. The maximum absolute atomic E-state index is 12.5. The molecule has 3 aromatic carbocycles. The molecule has 0 fully saturated rings. The number of fused-ring (bicyclic) bond motifs is 1. The Hall–Kier alpha value is -4.66. The lowest BCUT2D eigenvalue weighted by Crippen LogP contribution is -2.33. The van der Waals surface area contributed by atoms with Gasteiger partial charge in [-0.1, -0.05) is 12.1 Å². The Labute approximate surface area is 201 Å². The van der Waals surface area contributed by atoms with E-state index in [1.54, 1.807) is 48.2 Å². The van der Waals surface area contributed by atoms with Gasteiger partial charge in [-0.05, 0) is 60.7 Å². The van der Waals surface area contributed by atoms with Gasteiger partial charge >= 0.3 is 6.01 Å². The van der Waals surface area contributed by atoms with Gasteiger partial charge in [0, 0.05) is 5.56 Å². The standard InChI is InChI=1S/C26H22N4O5/c1-33-19-13-9-18(10-14-19)30-23(27-26(28-30)34-2)17-7-11-20(12-8-17)35-16-15-29-24(31)21-5-3-4-6-22(21)25(29)32/h3-14H,15-16H2,1-2H3. The average molecular weight is 470 g/mol. The molecule has 9 nitrogen and oxygen atoms in total. The van der Waals surface area contributed by atoms with Gasteiger partial charge in [0.2, 0.25) is 0 Å². The van der Waals surface area contributed by atoms with Crippen LogP contribution in [0.15, 0.2) is 72.8 Å². The second-order valence-electron chi connectivity index (χ2n) is 7.71. The molecule has 5 rings (SSSR count). The van der Waals surface area contributed by atoms with Crippen LogP contribution in [0.5, 0.6) is 17.5 Å². The van der Waals surface area contributed by atoms with Crippen LogP contribution in [-0.4, -0.2) is 58.8 Å². The number of imide groups is 1. The van der Waals surface area contributed by atoms with Gasteiger partial charge in [0.1, 0.15) is 18.1 Å². The maximum atomic E-state index is 12.5. The predicted molar refractivity (Wildman–Crippen MR) is 127 cm³/mol. The quantitative estimate of drug-likeness (QED) is 0.363. The van der Waals surface area contributed by atoms with Crippen molar-refractivity contribution in [1.29, 1.82) is 0 Å². The van der Waals surface area contributed by atoms with E-state index in [-0.39, 0.29) is 31.0 Å². The number of carbonyl (C=O) groups excluding carboxylic acids is 2. The summed E-state index contributed by atoms with van der Waals surface area (Å²) in [5.41, 5.74) is 2.47. The highest BCUT2D eigenvalue weighted by atomic mass is 16.5. The fourth-order valence-corrected chi connectivity index (χ4v) is 3.87. The smallest absolute Gasteiger partial charge is 0.336 e. The minimum absolute atomic E-state index is 0.164. The number of methoxy groups -OCH3 is 2. The van der Waals surface area contributed by atoms with Crippen LogP contribution in [0.25, 0.3) is 17.1 Å². The molecule has 1 aromatic heterocycles. The van der Waals surface area contributed by atoms with Crippen LogP contribution in [0.2, 0.25) is 0 Å². The van der Waals surface area contributed by atoms with E-state index in [0.717, 1.165) is 17.0 Å². The molecule has 0 atom stereocenters. The molecule has 4 aromatic rings. The molecule has 0 N–H and O–H groups in total. The number of nitrogens with zero attached hydrogens (tertiary/aromatic N) is 4. The highest BCUT2D eigenvalue weighted by molar-refractivity contribution is 6.21. The molecule has 1 aliphatic heterocycles. The summed E-state index contributed by atoms with van der Waals surface area (Å²) < 4.78 is 18.0. The highest BCUT2D eigenvalue weighted by Crippen LogP contribution is 2.27. The molecule has 2 amide bonds. The third kappa shape index (κ3) is 4.19. The zero-order chi connectivity index (χ0) is 24.4. The highest BCUT2D eigenvalue weighted by Gasteiger charge is 2.34. The normalized spacial score (nSPS) is 12.6. The number of hydrogen-bond acceptors (Lipinski definition) is 7. The molecule has 0 spiro atoms. The summed E-state index contributed by atoms with van der Waals surface area (Å²) >= 11 is 0. The summed E-state index contributed by atoms with van der Waals surface area (Å²) in [6.45, 7) is 0.345. The zero-order valence-electron chi connectivity index (χ0n) is 19.2. The summed E-state index contributed by atoms with van der Waals surface area (Å²) in [5.74, 6) is 1.36. The number of amides is 2. The number of ether oxygens (including phenoxy) is 3. The second kappa shape index (κ2) is 9.30. The van der Waals surface area contributed by atoms with Crippen molar-refractivity contribution in [2.45, 2.75) is 0 Å². The Bertz CT molecular complexity index is 1340. The maximum Gasteiger partial charge on any atom is 0.336 e. The van der Waals surface area contributed by atoms with E-state index in [1.807, 2.05) is 36.4 Å². The number of rotatable bonds is 8. The summed E-state index contributed by atoms with van der Waals surface area (Å²) in [6, 6.07) is 21.8. The first-order valence-electron chi connectivity index (χ1n) is 10.9. The van der Waals surface area contributed by atoms with Gasteiger partial charge in [-0.15, -0.1) is 5.10 Å². The molecule has 0 saturated heterocycles. The Balaban J connectivity index is 1.28. The Morgan fingerprint density at radius 1 is 0.771 bits per heavy atom. The van der Waals surface area contributed by atoms with Crippen molar-refractivity contribution < 1.29 is 23.8 Å². The van der Waals surface area contributed by atoms with Crippen LogP contribution < -0.4 is 14.2 Å². The van der Waals surface area contributed by atoms with Gasteiger partial charge < -0.3 is 14.2 Å². The predicted octanol–water partition coefficient (Wildman–Crippen LogP) is 3.63. The van der Waals surface area contributed by atoms with Gasteiger partial charge in [-0.2, -0.15) is 4.98 Å². The first kappa shape index (κ1) is 22.1. The van der Waals surface area contributed by atoms with E-state index >= 15 is 0 Å². The second-order valence-corrected chi connectivity index (χ2v) is 7.71. The van der Waals surface area contributed by atoms with Crippen LogP contribution in [0, 0.1) is 0 Å². The van der Waals surface area contributed by atoms with Gasteiger partial charge in [0.05, 0.1) is 37.6 Å². The minimum Gasteiger partial charge on any atom is -0.497 e. The fourth-order valence-electron chi connectivity index (χ4n) is 3.87. The SMILES string of the molecule is COc1ccc(-n2nc(OC)nc2-c2ccc(OCCN3C(=O)c4ccccc4C3=O)cc2)cc1. The lowest BCUT2D eigenvalue weighted by atomic mass is 10.1. The largest absolute Gasteiger partial charge is 0.497 e. The van der Waals surface area contributed by atoms with Crippen molar-refractivity contribution in [3.63, 3.8) is 0 Å². The fraction of sp³-hybridized carbons (Fsp3) is 0.154. The molecule has 0 unspecified atom stereocenters. The van der Waals surface area contributed by atoms with E-state index in [2.05, 4.69) is 10.1 Å². The van der Waals surface area contributed by atoms with Crippen LogP contribution in [0.1, 0.15) is 20.7 Å². The number of benzene rings is 3. The van der Waals surface area contributed by atoms with Gasteiger partial charge in [0.25, 0.3) is 11.8 Å². The monoisotopic (exact) mass is 470 g/mol. The molecule has 0 saturated carbocycles. The first-order chi connectivity index (χ1) is 17.1. The van der Waals surface area contributed by atoms with Crippen molar-refractivity contribution in [2.24, 2.45) is 0 Å². The summed E-state index contributed by atoms with van der Waals surface area (Å²) in [7, 11) is 3.13. The van der Waals surface area contributed by atoms with Crippen molar-refractivity contribution in [3.05, 3.63) is 83.9 Å². The summed E-state index contributed by atoms with van der Waals surface area (Å²) in [6.07, 6.45) is 0. The number of aromatic nitrogens is 3. The van der Waals surface area contributed by atoms with Crippen molar-refractivity contribution in [3.8, 4) is 34.6 Å². The van der Waals surface area contributed by atoms with E-state index in [4.69, 9.17) is 14.2 Å². The molecule has 35 heavy (non-hydrogen) atoms. The molecule has 0 bridgehead atoms. The van der Waals surface area contributed by atoms with Gasteiger partial charge in [-0.3, -0.25) is 14.5 Å². The molecule has 9 heteroatoms. The van der Waals surface area contributed by atoms with Gasteiger partial charge in [-0.25, -0.2) is 4.68 Å². The summed E-state index contributed by atoms with van der Waals surface area (Å²) in [4.78, 5) is 30.6. The molecule has 176 valence electrons. The molecule has 1 aliphatic rings. The lowest BCUT2D eigenvalue weighted by molar-refractivity contribution is 0.0631. The Kier molecular flexibility index (Phi) is 5.88. The molecule has 2 heterocycles.